The van der Waals surface area contributed by atoms with Gasteiger partial charge in [-0.1, -0.05) is 0 Å². The number of nitrogens with one attached hydrogen (secondary N) is 3. The Morgan fingerprint density at radius 1 is 1.18 bits per heavy atom. The summed E-state index contributed by atoms with van der Waals surface area (Å²) in [5.41, 5.74) is 2.01. The molecule has 1 aromatic heterocycles. The van der Waals surface area contributed by atoms with E-state index in [2.05, 4.69) is 47.3 Å². The maximum Gasteiger partial charge on any atom is 0.321 e. The predicted octanol–water partition coefficient (Wildman–Crippen LogP) is 4.17. The highest BCUT2D eigenvalue weighted by atomic mass is 32.2. The molecule has 3 N–H and O–H groups in total. The molecule has 10 heteroatoms. The Bertz CT molecular complexity index is 1130. The molecule has 1 radical (unpaired) electrons. The number of carbonyl (C=O) groups is 1. The van der Waals surface area contributed by atoms with Crippen molar-refractivity contribution in [2.45, 2.75) is 36.5 Å². The van der Waals surface area contributed by atoms with E-state index >= 15 is 0 Å². The lowest BCUT2D eigenvalue weighted by Gasteiger charge is -2.24. The molecule has 0 bridgehead atoms. The largest absolute Gasteiger partial charge is 0.325 e. The summed E-state index contributed by atoms with van der Waals surface area (Å²) in [5, 5.41) is 14.0. The van der Waals surface area contributed by atoms with Crippen molar-refractivity contribution in [3.05, 3.63) is 60.4 Å². The quantitative estimate of drug-likeness (QED) is 0.442. The molecule has 2 fully saturated rings. The Labute approximate surface area is 196 Å². The number of fused-ring (bicyclic) bond motifs is 1. The summed E-state index contributed by atoms with van der Waals surface area (Å²) in [7, 11) is 0. The molecule has 1 aromatic carbocycles. The van der Waals surface area contributed by atoms with Gasteiger partial charge in [-0.25, -0.2) is 4.79 Å². The minimum Gasteiger partial charge on any atom is -0.325 e. The summed E-state index contributed by atoms with van der Waals surface area (Å²) in [6.07, 6.45) is 10.5. The van der Waals surface area contributed by atoms with Gasteiger partial charge < -0.3 is 10.2 Å². The Morgan fingerprint density at radius 3 is 2.79 bits per heavy atom. The second kappa shape index (κ2) is 8.60. The van der Waals surface area contributed by atoms with Crippen molar-refractivity contribution in [3.63, 3.8) is 0 Å². The minimum absolute atomic E-state index is 0.0161. The van der Waals surface area contributed by atoms with Crippen LogP contribution in [-0.4, -0.2) is 50.9 Å². The van der Waals surface area contributed by atoms with Gasteiger partial charge in [-0.3, -0.25) is 14.7 Å². The van der Waals surface area contributed by atoms with Crippen molar-refractivity contribution < 1.29 is 4.79 Å². The zero-order chi connectivity index (χ0) is 22.2. The summed E-state index contributed by atoms with van der Waals surface area (Å²) in [6, 6.07) is 10.0. The average Bonchev–Trinajstić information content (AvgIpc) is 3.22. The fraction of sp³-hybridized carbons (Fsp3) is 0.348. The van der Waals surface area contributed by atoms with Crippen LogP contribution in [0.25, 0.3) is 0 Å². The number of aliphatic imine (C=N–C) groups is 1. The van der Waals surface area contributed by atoms with E-state index in [1.54, 1.807) is 11.9 Å². The van der Waals surface area contributed by atoms with E-state index in [-0.39, 0.29) is 6.03 Å². The second-order valence-corrected chi connectivity index (χ2v) is 9.77. The first-order chi connectivity index (χ1) is 16.2. The topological polar surface area (TPSA) is 94.6 Å². The molecular weight excluding hydrogens is 436 g/mol. The fourth-order valence-corrected chi connectivity index (χ4v) is 5.06. The van der Waals surface area contributed by atoms with Crippen LogP contribution in [0.5, 0.6) is 0 Å². The Kier molecular flexibility index (Phi) is 5.31. The van der Waals surface area contributed by atoms with Crippen molar-refractivity contribution in [2.75, 3.05) is 30.3 Å². The van der Waals surface area contributed by atoms with Gasteiger partial charge in [-0.05, 0) is 66.8 Å². The third-order valence-electron chi connectivity index (χ3n) is 6.13. The summed E-state index contributed by atoms with van der Waals surface area (Å²) >= 11 is 1.63. The highest BCUT2D eigenvalue weighted by Gasteiger charge is 2.38. The van der Waals surface area contributed by atoms with Gasteiger partial charge in [0, 0.05) is 41.4 Å². The molecule has 1 saturated carbocycles. The maximum atomic E-state index is 12.3. The lowest BCUT2D eigenvalue weighted by atomic mass is 10.3. The maximum absolute atomic E-state index is 12.3. The standard InChI is InChI=1S/C23H26N8OS/c32-23(29-10-1-2-11-29)25-17-5-7-18(8-6-17)33-30-14-21-24-9-12-31(21)22(15-30)26-20-13-19(27-28-20)16-3-4-16/h5-9,12-13,15-16H,1-4,10-11,14H2,(H,25,32)(H2,26,27,28)/q+1. The summed E-state index contributed by atoms with van der Waals surface area (Å²) in [6.45, 7) is 2.37. The van der Waals surface area contributed by atoms with Crippen molar-refractivity contribution in [1.82, 2.24) is 24.3 Å². The van der Waals surface area contributed by atoms with Crippen LogP contribution in [0, 0.1) is 0 Å². The molecule has 3 aliphatic heterocycles. The number of benzene rings is 1. The number of hydrogen-bond donors (Lipinski definition) is 3. The third-order valence-corrected chi connectivity index (χ3v) is 7.08. The number of carbonyl (C=O) groups excluding carboxylic acids is 1. The van der Waals surface area contributed by atoms with Crippen LogP contribution in [-0.2, 0) is 0 Å². The number of nitrogens with zero attached hydrogens (tertiary/aromatic N) is 5. The first-order valence-electron chi connectivity index (χ1n) is 11.4. The summed E-state index contributed by atoms with van der Waals surface area (Å²) in [4.78, 5) is 21.8. The van der Waals surface area contributed by atoms with Crippen LogP contribution < -0.4 is 15.5 Å². The molecule has 33 heavy (non-hydrogen) atoms. The van der Waals surface area contributed by atoms with Crippen molar-refractivity contribution in [3.8, 4) is 0 Å². The van der Waals surface area contributed by atoms with E-state index in [1.807, 2.05) is 41.6 Å². The van der Waals surface area contributed by atoms with E-state index in [9.17, 15) is 4.79 Å². The number of amides is 2. The molecule has 2 amide bonds. The van der Waals surface area contributed by atoms with Crippen LogP contribution in [0.4, 0.5) is 16.3 Å². The minimum atomic E-state index is -0.0161. The monoisotopic (exact) mass is 462 g/mol. The highest BCUT2D eigenvalue weighted by molar-refractivity contribution is 7.97. The molecule has 4 heterocycles. The van der Waals surface area contributed by atoms with Crippen LogP contribution in [0.2, 0.25) is 0 Å². The number of aromatic amines is 1. The van der Waals surface area contributed by atoms with Gasteiger partial charge in [0.05, 0.1) is 12.4 Å². The molecule has 0 spiro atoms. The SMILES string of the molecule is O=C(Nc1ccc(SN2C=C(Nc3cc(C4CC4)[nH]n3)[N+]3C=CN=C3C2)cc1)N1CCCC1. The molecule has 4 aliphatic rings. The lowest BCUT2D eigenvalue weighted by Crippen LogP contribution is -2.42. The van der Waals surface area contributed by atoms with Gasteiger partial charge in [0.2, 0.25) is 0 Å². The molecular formula is C23H26N8OS+. The normalized spacial score (nSPS) is 20.0. The zero-order valence-corrected chi connectivity index (χ0v) is 19.0. The number of rotatable bonds is 6. The average molecular weight is 463 g/mol. The Morgan fingerprint density at radius 2 is 2.00 bits per heavy atom. The molecule has 1 saturated heterocycles. The highest BCUT2D eigenvalue weighted by Crippen LogP contribution is 2.39. The fourth-order valence-electron chi connectivity index (χ4n) is 4.20. The molecule has 6 rings (SSSR count). The number of urea groups is 1. The molecule has 169 valence electrons. The Hall–Kier alpha value is -3.24. The van der Waals surface area contributed by atoms with Crippen molar-refractivity contribution in [2.24, 2.45) is 4.99 Å². The smallest absolute Gasteiger partial charge is 0.321 e. The number of hydrogen-bond acceptors (Lipinski definition) is 7. The molecule has 2 aromatic rings. The second-order valence-electron chi connectivity index (χ2n) is 8.65. The van der Waals surface area contributed by atoms with E-state index in [0.717, 1.165) is 54.0 Å². The van der Waals surface area contributed by atoms with E-state index in [1.165, 1.54) is 18.5 Å². The van der Waals surface area contributed by atoms with Crippen LogP contribution in [0.3, 0.4) is 0 Å². The van der Waals surface area contributed by atoms with Crippen molar-refractivity contribution in [1.29, 1.82) is 0 Å². The van der Waals surface area contributed by atoms with Gasteiger partial charge in [0.15, 0.2) is 12.0 Å². The Balaban J connectivity index is 1.13. The molecule has 0 unspecified atom stereocenters. The van der Waals surface area contributed by atoms with Gasteiger partial charge >= 0.3 is 6.03 Å². The number of aromatic nitrogens is 2. The van der Waals surface area contributed by atoms with Crippen LogP contribution in [0.1, 0.15) is 37.3 Å². The zero-order valence-electron chi connectivity index (χ0n) is 18.2. The van der Waals surface area contributed by atoms with E-state index < -0.39 is 0 Å². The van der Waals surface area contributed by atoms with Crippen LogP contribution >= 0.6 is 11.9 Å². The molecule has 0 atom stereocenters. The van der Waals surface area contributed by atoms with E-state index in [0.29, 0.717) is 12.5 Å². The molecule has 1 aliphatic carbocycles. The number of anilines is 2. The van der Waals surface area contributed by atoms with Gasteiger partial charge in [-0.15, -0.1) is 0 Å². The van der Waals surface area contributed by atoms with Crippen molar-refractivity contribution >= 4 is 35.3 Å². The third kappa shape index (κ3) is 4.49. The number of likely N-dealkylation sites (tertiary alicyclic amines) is 1. The first kappa shape index (κ1) is 20.4. The number of amidine groups is 1. The van der Waals surface area contributed by atoms with Crippen LogP contribution in [0.15, 0.2) is 64.6 Å². The summed E-state index contributed by atoms with van der Waals surface area (Å²) < 4.78 is 2.15. The summed E-state index contributed by atoms with van der Waals surface area (Å²) in [5.74, 6) is 3.31. The van der Waals surface area contributed by atoms with E-state index in [4.69, 9.17) is 0 Å². The first-order valence-corrected chi connectivity index (χ1v) is 12.2. The predicted molar refractivity (Wildman–Crippen MR) is 130 cm³/mol. The van der Waals surface area contributed by atoms with Gasteiger partial charge in [0.1, 0.15) is 6.54 Å². The van der Waals surface area contributed by atoms with Gasteiger partial charge in [-0.2, -0.15) is 10.1 Å². The molecule has 9 nitrogen and oxygen atoms in total. The number of H-pyrrole nitrogens is 1. The lowest BCUT2D eigenvalue weighted by molar-refractivity contribution is 0.222. The van der Waals surface area contributed by atoms with Gasteiger partial charge in [0.25, 0.3) is 11.7 Å².